The molecule has 1 heterocycles. The Labute approximate surface area is 117 Å². The van der Waals surface area contributed by atoms with E-state index in [4.69, 9.17) is 10.6 Å². The number of amides is 1. The largest absolute Gasteiger partial charge is 0.492 e. The highest BCUT2D eigenvalue weighted by Crippen LogP contribution is 2.13. The van der Waals surface area contributed by atoms with E-state index in [2.05, 4.69) is 10.5 Å². The van der Waals surface area contributed by atoms with Crippen LogP contribution < -0.4 is 16.0 Å². The first kappa shape index (κ1) is 14.1. The highest BCUT2D eigenvalue weighted by Gasteiger charge is 2.05. The zero-order valence-corrected chi connectivity index (χ0v) is 11.6. The van der Waals surface area contributed by atoms with E-state index in [9.17, 15) is 4.79 Å². The average molecular weight is 274 g/mol. The van der Waals surface area contributed by atoms with Crippen molar-refractivity contribution in [3.05, 3.63) is 47.3 Å². The summed E-state index contributed by atoms with van der Waals surface area (Å²) in [4.78, 5) is 11.4. The lowest BCUT2D eigenvalue weighted by molar-refractivity contribution is 0.0953. The molecule has 0 aliphatic rings. The Morgan fingerprint density at radius 3 is 2.85 bits per heavy atom. The van der Waals surface area contributed by atoms with E-state index in [1.54, 1.807) is 24.3 Å². The fourth-order valence-corrected chi connectivity index (χ4v) is 1.96. The van der Waals surface area contributed by atoms with Crippen LogP contribution in [0.25, 0.3) is 0 Å². The number of nitrogens with one attached hydrogen (secondary N) is 1. The summed E-state index contributed by atoms with van der Waals surface area (Å²) in [5.41, 5.74) is 4.65. The van der Waals surface area contributed by atoms with Gasteiger partial charge >= 0.3 is 0 Å². The number of benzene rings is 1. The second kappa shape index (κ2) is 6.21. The normalized spacial score (nSPS) is 10.3. The predicted octanol–water partition coefficient (Wildman–Crippen LogP) is 1.18. The zero-order chi connectivity index (χ0) is 14.5. The molecule has 6 heteroatoms. The van der Waals surface area contributed by atoms with E-state index in [1.165, 1.54) is 0 Å². The summed E-state index contributed by atoms with van der Waals surface area (Å²) < 4.78 is 7.52. The molecule has 0 spiro atoms. The average Bonchev–Trinajstić information content (AvgIpc) is 2.76. The Morgan fingerprint density at radius 2 is 2.20 bits per heavy atom. The quantitative estimate of drug-likeness (QED) is 0.487. The van der Waals surface area contributed by atoms with E-state index in [1.807, 2.05) is 24.6 Å². The number of nitrogen functional groups attached to an aromatic ring is 1. The summed E-state index contributed by atoms with van der Waals surface area (Å²) >= 11 is 0. The maximum absolute atomic E-state index is 11.4. The first-order valence-electron chi connectivity index (χ1n) is 6.35. The molecular formula is C14H18N4O2. The molecule has 2 aromatic rings. The van der Waals surface area contributed by atoms with Crippen molar-refractivity contribution in [1.82, 2.24) is 15.2 Å². The maximum Gasteiger partial charge on any atom is 0.265 e. The molecule has 0 radical (unpaired) electrons. The summed E-state index contributed by atoms with van der Waals surface area (Å²) in [5, 5.41) is 4.36. The van der Waals surface area contributed by atoms with Crippen LogP contribution in [0.3, 0.4) is 0 Å². The van der Waals surface area contributed by atoms with Crippen molar-refractivity contribution < 1.29 is 9.53 Å². The van der Waals surface area contributed by atoms with Gasteiger partial charge in [0.1, 0.15) is 12.4 Å². The predicted molar refractivity (Wildman–Crippen MR) is 75.3 cm³/mol. The standard InChI is InChI=1S/C14H18N4O2/c1-10-8-11(2)18(17-10)6-7-20-13-5-3-4-12(9-13)14(19)16-15/h3-5,8-9H,6-7,15H2,1-2H3,(H,16,19). The molecule has 0 aliphatic heterocycles. The van der Waals surface area contributed by atoms with Gasteiger partial charge in [-0.15, -0.1) is 0 Å². The van der Waals surface area contributed by atoms with Crippen LogP contribution in [-0.2, 0) is 6.54 Å². The van der Waals surface area contributed by atoms with Gasteiger partial charge in [-0.3, -0.25) is 14.9 Å². The van der Waals surface area contributed by atoms with Gasteiger partial charge in [0.25, 0.3) is 5.91 Å². The van der Waals surface area contributed by atoms with Crippen LogP contribution >= 0.6 is 0 Å². The Bertz CT molecular complexity index is 607. The minimum atomic E-state index is -0.339. The van der Waals surface area contributed by atoms with E-state index in [0.29, 0.717) is 24.5 Å². The molecule has 1 aromatic heterocycles. The molecule has 3 N–H and O–H groups in total. The van der Waals surface area contributed by atoms with Crippen LogP contribution in [0, 0.1) is 13.8 Å². The number of carbonyl (C=O) groups is 1. The molecule has 1 aromatic carbocycles. The van der Waals surface area contributed by atoms with Gasteiger partial charge in [0.15, 0.2) is 0 Å². The molecule has 6 nitrogen and oxygen atoms in total. The molecule has 0 atom stereocenters. The topological polar surface area (TPSA) is 82.2 Å². The maximum atomic E-state index is 11.4. The van der Waals surface area contributed by atoms with Crippen molar-refractivity contribution in [1.29, 1.82) is 0 Å². The van der Waals surface area contributed by atoms with E-state index >= 15 is 0 Å². The fourth-order valence-electron chi connectivity index (χ4n) is 1.96. The van der Waals surface area contributed by atoms with Gasteiger partial charge in [0.05, 0.1) is 12.2 Å². The third kappa shape index (κ3) is 3.36. The lowest BCUT2D eigenvalue weighted by Crippen LogP contribution is -2.29. The molecule has 0 bridgehead atoms. The van der Waals surface area contributed by atoms with Crippen molar-refractivity contribution in [3.63, 3.8) is 0 Å². The number of hydrogen-bond donors (Lipinski definition) is 2. The summed E-state index contributed by atoms with van der Waals surface area (Å²) in [7, 11) is 0. The minimum Gasteiger partial charge on any atom is -0.492 e. The Balaban J connectivity index is 1.94. The van der Waals surface area contributed by atoms with Crippen molar-refractivity contribution in [2.75, 3.05) is 6.61 Å². The monoisotopic (exact) mass is 274 g/mol. The Morgan fingerprint density at radius 1 is 1.40 bits per heavy atom. The molecule has 106 valence electrons. The second-order valence-corrected chi connectivity index (χ2v) is 4.50. The Kier molecular flexibility index (Phi) is 4.37. The third-order valence-corrected chi connectivity index (χ3v) is 2.90. The van der Waals surface area contributed by atoms with Crippen LogP contribution in [0.2, 0.25) is 0 Å². The second-order valence-electron chi connectivity index (χ2n) is 4.50. The van der Waals surface area contributed by atoms with Gasteiger partial charge in [-0.05, 0) is 38.1 Å². The van der Waals surface area contributed by atoms with Crippen LogP contribution in [0.15, 0.2) is 30.3 Å². The van der Waals surface area contributed by atoms with Crippen LogP contribution in [-0.4, -0.2) is 22.3 Å². The van der Waals surface area contributed by atoms with E-state index in [0.717, 1.165) is 11.4 Å². The summed E-state index contributed by atoms with van der Waals surface area (Å²) in [6.45, 7) is 5.11. The summed E-state index contributed by atoms with van der Waals surface area (Å²) in [5.74, 6) is 5.39. The van der Waals surface area contributed by atoms with Gasteiger partial charge in [-0.2, -0.15) is 5.10 Å². The van der Waals surface area contributed by atoms with Crippen molar-refractivity contribution >= 4 is 5.91 Å². The highest BCUT2D eigenvalue weighted by atomic mass is 16.5. The number of nitrogens with two attached hydrogens (primary N) is 1. The summed E-state index contributed by atoms with van der Waals surface area (Å²) in [6.07, 6.45) is 0. The fraction of sp³-hybridized carbons (Fsp3) is 0.286. The summed E-state index contributed by atoms with van der Waals surface area (Å²) in [6, 6.07) is 8.91. The molecule has 0 saturated heterocycles. The SMILES string of the molecule is Cc1cc(C)n(CCOc2cccc(C(=O)NN)c2)n1. The zero-order valence-electron chi connectivity index (χ0n) is 11.6. The minimum absolute atomic E-state index is 0.339. The van der Waals surface area contributed by atoms with Crippen molar-refractivity contribution in [2.24, 2.45) is 5.84 Å². The van der Waals surface area contributed by atoms with Gasteiger partial charge in [-0.25, -0.2) is 5.84 Å². The van der Waals surface area contributed by atoms with Crippen molar-refractivity contribution in [3.8, 4) is 5.75 Å². The number of hydrazine groups is 1. The lowest BCUT2D eigenvalue weighted by Gasteiger charge is -2.08. The number of nitrogens with zero attached hydrogens (tertiary/aromatic N) is 2. The molecule has 0 unspecified atom stereocenters. The molecule has 1 amide bonds. The number of carbonyl (C=O) groups excluding carboxylic acids is 1. The number of hydrogen-bond acceptors (Lipinski definition) is 4. The van der Waals surface area contributed by atoms with E-state index < -0.39 is 0 Å². The molecule has 0 saturated carbocycles. The first-order chi connectivity index (χ1) is 9.60. The van der Waals surface area contributed by atoms with Gasteiger partial charge < -0.3 is 4.74 Å². The third-order valence-electron chi connectivity index (χ3n) is 2.90. The van der Waals surface area contributed by atoms with Crippen LogP contribution in [0.1, 0.15) is 21.7 Å². The molecule has 20 heavy (non-hydrogen) atoms. The van der Waals surface area contributed by atoms with Gasteiger partial charge in [0.2, 0.25) is 0 Å². The van der Waals surface area contributed by atoms with Crippen LogP contribution in [0.5, 0.6) is 5.75 Å². The van der Waals surface area contributed by atoms with E-state index in [-0.39, 0.29) is 5.91 Å². The Hall–Kier alpha value is -2.34. The molecule has 2 rings (SSSR count). The number of rotatable bonds is 5. The van der Waals surface area contributed by atoms with Gasteiger partial charge in [0, 0.05) is 11.3 Å². The number of ether oxygens (including phenoxy) is 1. The first-order valence-corrected chi connectivity index (χ1v) is 6.35. The number of aryl methyl sites for hydroxylation is 2. The van der Waals surface area contributed by atoms with Crippen LogP contribution in [0.4, 0.5) is 0 Å². The smallest absolute Gasteiger partial charge is 0.265 e. The number of aromatic nitrogens is 2. The molecule has 0 aliphatic carbocycles. The highest BCUT2D eigenvalue weighted by molar-refractivity contribution is 5.94. The lowest BCUT2D eigenvalue weighted by atomic mass is 10.2. The molecule has 0 fully saturated rings. The van der Waals surface area contributed by atoms with Gasteiger partial charge in [-0.1, -0.05) is 6.07 Å². The molecular weight excluding hydrogens is 256 g/mol. The van der Waals surface area contributed by atoms with Crippen molar-refractivity contribution in [2.45, 2.75) is 20.4 Å².